The van der Waals surface area contributed by atoms with Gasteiger partial charge in [-0.2, -0.15) is 0 Å². The van der Waals surface area contributed by atoms with Gasteiger partial charge in [-0.1, -0.05) is 0 Å². The molecule has 142 valence electrons. The number of carbonyl (C=O) groups is 4. The van der Waals surface area contributed by atoms with Crippen molar-refractivity contribution in [2.45, 2.75) is 18.3 Å². The number of aliphatic carboxylic acids is 1. The molecule has 2 atom stereocenters. The van der Waals surface area contributed by atoms with Crippen LogP contribution < -0.4 is 5.32 Å². The van der Waals surface area contributed by atoms with Crippen molar-refractivity contribution in [3.63, 3.8) is 0 Å². The van der Waals surface area contributed by atoms with E-state index in [9.17, 15) is 28.7 Å². The first-order chi connectivity index (χ1) is 12.8. The first-order valence-electron chi connectivity index (χ1n) is 7.89. The van der Waals surface area contributed by atoms with Crippen LogP contribution in [-0.4, -0.2) is 57.5 Å². The number of rotatable bonds is 5. The first-order valence-corrected chi connectivity index (χ1v) is 8.94. The van der Waals surface area contributed by atoms with Crippen LogP contribution in [0.15, 0.2) is 35.5 Å². The summed E-state index contributed by atoms with van der Waals surface area (Å²) in [6, 6.07) is 3.95. The summed E-state index contributed by atoms with van der Waals surface area (Å²) >= 11 is 1.26. The highest BCUT2D eigenvalue weighted by molar-refractivity contribution is 8.00. The van der Waals surface area contributed by atoms with Gasteiger partial charge >= 0.3 is 11.9 Å². The molecule has 3 rings (SSSR count). The molecule has 2 N–H and O–H groups in total. The third-order valence-electron chi connectivity index (χ3n) is 4.09. The van der Waals surface area contributed by atoms with Gasteiger partial charge in [-0.05, 0) is 24.3 Å². The minimum atomic E-state index is -1.31. The molecule has 10 heteroatoms. The quantitative estimate of drug-likeness (QED) is 0.559. The molecule has 1 saturated heterocycles. The molecule has 0 saturated carbocycles. The molecule has 0 aliphatic carbocycles. The fourth-order valence-electron chi connectivity index (χ4n) is 2.81. The lowest BCUT2D eigenvalue weighted by Crippen LogP contribution is -2.70. The minimum absolute atomic E-state index is 0.188. The zero-order chi connectivity index (χ0) is 19.7. The van der Waals surface area contributed by atoms with E-state index in [1.54, 1.807) is 0 Å². The van der Waals surface area contributed by atoms with E-state index in [1.165, 1.54) is 30.8 Å². The predicted octanol–water partition coefficient (Wildman–Crippen LogP) is 0.741. The molecule has 2 heterocycles. The van der Waals surface area contributed by atoms with E-state index < -0.39 is 41.0 Å². The van der Waals surface area contributed by atoms with E-state index in [2.05, 4.69) is 5.32 Å². The van der Waals surface area contributed by atoms with Crippen LogP contribution >= 0.6 is 11.8 Å². The number of hydrogen-bond acceptors (Lipinski definition) is 6. The molecule has 2 amide bonds. The van der Waals surface area contributed by atoms with Gasteiger partial charge < -0.3 is 15.2 Å². The molecular formula is C17H15FN2O6S. The monoisotopic (exact) mass is 394 g/mol. The van der Waals surface area contributed by atoms with Gasteiger partial charge in [0.05, 0.1) is 0 Å². The van der Waals surface area contributed by atoms with Crippen molar-refractivity contribution in [3.8, 4) is 0 Å². The number of amides is 2. The van der Waals surface area contributed by atoms with Gasteiger partial charge in [-0.3, -0.25) is 19.3 Å². The molecule has 8 nitrogen and oxygen atoms in total. The summed E-state index contributed by atoms with van der Waals surface area (Å²) in [7, 11) is 0. The molecule has 1 aromatic rings. The highest BCUT2D eigenvalue weighted by Crippen LogP contribution is 2.40. The van der Waals surface area contributed by atoms with Gasteiger partial charge in [0.1, 0.15) is 29.5 Å². The van der Waals surface area contributed by atoms with Crippen molar-refractivity contribution in [3.05, 3.63) is 46.9 Å². The molecule has 0 spiro atoms. The van der Waals surface area contributed by atoms with E-state index in [4.69, 9.17) is 4.74 Å². The standard InChI is InChI=1S/C17H15FN2O6S/c1-8(21)26-6-10-7-27-16-12(15(23)20(16)13(10)17(24)25)19-14(22)9-2-4-11(18)5-3-9/h2-5,12,16H,6-7H2,1H3,(H,19,22)(H,24,25)/t12-,16-/m0/s1. The number of carboxylic acid groups (broad SMARTS) is 1. The van der Waals surface area contributed by atoms with Crippen molar-refractivity contribution in [2.24, 2.45) is 0 Å². The van der Waals surface area contributed by atoms with Gasteiger partial charge in [0.25, 0.3) is 11.8 Å². The fourth-order valence-corrected chi connectivity index (χ4v) is 4.14. The molecule has 0 radical (unpaired) electrons. The van der Waals surface area contributed by atoms with Crippen LogP contribution in [-0.2, 0) is 19.1 Å². The third kappa shape index (κ3) is 3.65. The molecule has 0 aromatic heterocycles. The zero-order valence-corrected chi connectivity index (χ0v) is 14.9. The maximum atomic E-state index is 13.0. The molecule has 1 aromatic carbocycles. The van der Waals surface area contributed by atoms with Gasteiger partial charge in [0, 0.05) is 23.8 Å². The van der Waals surface area contributed by atoms with E-state index in [0.29, 0.717) is 5.57 Å². The molecule has 1 fully saturated rings. The Balaban J connectivity index is 1.75. The van der Waals surface area contributed by atoms with E-state index in [-0.39, 0.29) is 23.6 Å². The molecular weight excluding hydrogens is 379 g/mol. The Labute approximate surface area is 157 Å². The maximum absolute atomic E-state index is 13.0. The number of thioether (sulfide) groups is 1. The lowest BCUT2D eigenvalue weighted by atomic mass is 10.0. The van der Waals surface area contributed by atoms with Crippen LogP contribution in [0.25, 0.3) is 0 Å². The summed E-state index contributed by atoms with van der Waals surface area (Å²) in [6.45, 7) is 0.989. The number of fused-ring (bicyclic) bond motifs is 1. The van der Waals surface area contributed by atoms with Crippen LogP contribution in [0.5, 0.6) is 0 Å². The highest BCUT2D eigenvalue weighted by Gasteiger charge is 2.54. The third-order valence-corrected chi connectivity index (χ3v) is 5.43. The number of halogens is 1. The summed E-state index contributed by atoms with van der Waals surface area (Å²) < 4.78 is 17.8. The van der Waals surface area contributed by atoms with Gasteiger partial charge in [-0.25, -0.2) is 9.18 Å². The zero-order valence-electron chi connectivity index (χ0n) is 14.1. The highest BCUT2D eigenvalue weighted by atomic mass is 32.2. The van der Waals surface area contributed by atoms with E-state index >= 15 is 0 Å². The Bertz CT molecular complexity index is 853. The van der Waals surface area contributed by atoms with Crippen LogP contribution in [0.4, 0.5) is 4.39 Å². The number of hydrogen-bond donors (Lipinski definition) is 2. The van der Waals surface area contributed by atoms with Crippen molar-refractivity contribution < 1.29 is 33.4 Å². The predicted molar refractivity (Wildman–Crippen MR) is 92.0 cm³/mol. The lowest BCUT2D eigenvalue weighted by molar-refractivity contribution is -0.149. The lowest BCUT2D eigenvalue weighted by Gasteiger charge is -2.49. The number of carbonyl (C=O) groups excluding carboxylic acids is 3. The number of ether oxygens (including phenoxy) is 1. The molecule has 27 heavy (non-hydrogen) atoms. The Morgan fingerprint density at radius 2 is 2.00 bits per heavy atom. The summed E-state index contributed by atoms with van der Waals surface area (Å²) in [5.74, 6) is -3.23. The first kappa shape index (κ1) is 18.9. The number of esters is 1. The number of carboxylic acids is 1. The smallest absolute Gasteiger partial charge is 0.352 e. The second-order valence-corrected chi connectivity index (χ2v) is 7.01. The Morgan fingerprint density at radius 3 is 2.59 bits per heavy atom. The van der Waals surface area contributed by atoms with Crippen LogP contribution in [0.1, 0.15) is 17.3 Å². The van der Waals surface area contributed by atoms with Gasteiger partial charge in [0.2, 0.25) is 0 Å². The Morgan fingerprint density at radius 1 is 1.33 bits per heavy atom. The SMILES string of the molecule is CC(=O)OCC1=C(C(=O)O)N2C(=O)[C@H](NC(=O)c3ccc(F)cc3)[C@@H]2SC1. The van der Waals surface area contributed by atoms with Crippen molar-refractivity contribution >= 4 is 35.5 Å². The molecule has 0 bridgehead atoms. The maximum Gasteiger partial charge on any atom is 0.352 e. The van der Waals surface area contributed by atoms with Crippen LogP contribution in [0, 0.1) is 5.82 Å². The minimum Gasteiger partial charge on any atom is -0.477 e. The van der Waals surface area contributed by atoms with Gasteiger partial charge in [0.15, 0.2) is 0 Å². The molecule has 2 aliphatic rings. The van der Waals surface area contributed by atoms with Gasteiger partial charge in [-0.15, -0.1) is 11.8 Å². The van der Waals surface area contributed by atoms with Crippen LogP contribution in [0.2, 0.25) is 0 Å². The van der Waals surface area contributed by atoms with Crippen molar-refractivity contribution in [1.29, 1.82) is 0 Å². The number of nitrogens with zero attached hydrogens (tertiary/aromatic N) is 1. The average Bonchev–Trinajstić information content (AvgIpc) is 2.63. The fraction of sp³-hybridized carbons (Fsp3) is 0.294. The van der Waals surface area contributed by atoms with Crippen molar-refractivity contribution in [2.75, 3.05) is 12.4 Å². The molecule has 0 unspecified atom stereocenters. The summed E-state index contributed by atoms with van der Waals surface area (Å²) in [6.07, 6.45) is 0. The summed E-state index contributed by atoms with van der Waals surface area (Å²) in [5.41, 5.74) is 0.279. The van der Waals surface area contributed by atoms with E-state index in [0.717, 1.165) is 17.0 Å². The summed E-state index contributed by atoms with van der Waals surface area (Å²) in [4.78, 5) is 48.3. The van der Waals surface area contributed by atoms with Crippen LogP contribution in [0.3, 0.4) is 0 Å². The number of β-lactam (4-membered cyclic amide) rings is 1. The number of benzene rings is 1. The Hall–Kier alpha value is -2.88. The topological polar surface area (TPSA) is 113 Å². The Kier molecular flexibility index (Phi) is 5.17. The second-order valence-electron chi connectivity index (χ2n) is 5.91. The van der Waals surface area contributed by atoms with Crippen molar-refractivity contribution in [1.82, 2.24) is 10.2 Å². The number of nitrogens with one attached hydrogen (secondary N) is 1. The van der Waals surface area contributed by atoms with E-state index in [1.807, 2.05) is 0 Å². The normalized spacial score (nSPS) is 21.3. The summed E-state index contributed by atoms with van der Waals surface area (Å²) in [5, 5.41) is 11.4. The average molecular weight is 394 g/mol. The second kappa shape index (κ2) is 7.39. The molecule has 2 aliphatic heterocycles. The largest absolute Gasteiger partial charge is 0.477 e.